The molecule has 0 unspecified atom stereocenters. The monoisotopic (exact) mass is 382 g/mol. The van der Waals surface area contributed by atoms with Crippen LogP contribution in [0.4, 0.5) is 18.9 Å². The number of benzene rings is 2. The van der Waals surface area contributed by atoms with E-state index in [4.69, 9.17) is 10.9 Å². The van der Waals surface area contributed by atoms with Crippen molar-refractivity contribution in [2.45, 2.75) is 11.1 Å². The zero-order valence-electron chi connectivity index (χ0n) is 13.1. The molecule has 3 aromatic rings. The molecule has 0 spiro atoms. The molecule has 0 bridgehead atoms. The van der Waals surface area contributed by atoms with Crippen LogP contribution in [0.15, 0.2) is 59.6 Å². The molecule has 0 aliphatic rings. The predicted molar refractivity (Wildman–Crippen MR) is 89.8 cm³/mol. The highest BCUT2D eigenvalue weighted by molar-refractivity contribution is 7.89. The van der Waals surface area contributed by atoms with E-state index >= 15 is 0 Å². The van der Waals surface area contributed by atoms with Gasteiger partial charge in [-0.05, 0) is 48.5 Å². The summed E-state index contributed by atoms with van der Waals surface area (Å²) in [5.41, 5.74) is 5.72. The Balaban J connectivity index is 2.16. The average Bonchev–Trinajstić information content (AvgIpc) is 3.00. The summed E-state index contributed by atoms with van der Waals surface area (Å²) in [7, 11) is -3.91. The Labute approximate surface area is 146 Å². The molecule has 2 aromatic carbocycles. The van der Waals surface area contributed by atoms with Crippen molar-refractivity contribution in [3.8, 4) is 17.1 Å². The summed E-state index contributed by atoms with van der Waals surface area (Å²) in [5.74, 6) is 0.00284. The molecule has 26 heavy (non-hydrogen) atoms. The Morgan fingerprint density at radius 3 is 2.04 bits per heavy atom. The number of aromatic nitrogens is 2. The molecular weight excluding hydrogens is 369 g/mol. The molecular formula is C16H13F3N4O2S. The van der Waals surface area contributed by atoms with Crippen molar-refractivity contribution in [3.63, 3.8) is 0 Å². The minimum atomic E-state index is -4.63. The van der Waals surface area contributed by atoms with Crippen molar-refractivity contribution in [2.75, 3.05) is 5.73 Å². The van der Waals surface area contributed by atoms with Crippen LogP contribution in [-0.2, 0) is 16.2 Å². The molecule has 0 aliphatic carbocycles. The lowest BCUT2D eigenvalue weighted by atomic mass is 10.2. The van der Waals surface area contributed by atoms with Crippen molar-refractivity contribution < 1.29 is 21.6 Å². The first-order chi connectivity index (χ1) is 12.1. The van der Waals surface area contributed by atoms with Gasteiger partial charge in [0.15, 0.2) is 5.69 Å². The van der Waals surface area contributed by atoms with Gasteiger partial charge in [0.1, 0.15) is 5.82 Å². The van der Waals surface area contributed by atoms with Crippen LogP contribution in [-0.4, -0.2) is 18.0 Å². The second-order valence-electron chi connectivity index (χ2n) is 5.48. The van der Waals surface area contributed by atoms with Gasteiger partial charge in [-0.25, -0.2) is 18.5 Å². The van der Waals surface area contributed by atoms with Gasteiger partial charge in [0, 0.05) is 23.1 Å². The number of imidazole rings is 1. The first-order valence-electron chi connectivity index (χ1n) is 7.21. The van der Waals surface area contributed by atoms with Gasteiger partial charge < -0.3 is 5.73 Å². The number of anilines is 1. The zero-order valence-corrected chi connectivity index (χ0v) is 13.9. The van der Waals surface area contributed by atoms with Crippen LogP contribution in [0.3, 0.4) is 0 Å². The molecule has 1 heterocycles. The number of hydrogen-bond donors (Lipinski definition) is 2. The van der Waals surface area contributed by atoms with Crippen LogP contribution in [0.1, 0.15) is 5.69 Å². The maximum absolute atomic E-state index is 13.1. The maximum atomic E-state index is 13.1. The molecule has 0 radical (unpaired) electrons. The molecule has 1 aromatic heterocycles. The minimum Gasteiger partial charge on any atom is -0.399 e. The van der Waals surface area contributed by atoms with Crippen molar-refractivity contribution in [1.82, 2.24) is 9.55 Å². The van der Waals surface area contributed by atoms with Gasteiger partial charge in [-0.15, -0.1) is 0 Å². The third-order valence-electron chi connectivity index (χ3n) is 3.61. The summed E-state index contributed by atoms with van der Waals surface area (Å²) in [4.78, 5) is 3.52. The SMILES string of the molecule is Nc1ccc(-n2cc(C(F)(F)F)nc2-c2ccc(S(N)(=O)=O)cc2)cc1. The largest absolute Gasteiger partial charge is 0.434 e. The first-order valence-corrected chi connectivity index (χ1v) is 8.76. The molecule has 0 saturated heterocycles. The van der Waals surface area contributed by atoms with Gasteiger partial charge in [-0.1, -0.05) is 0 Å². The topological polar surface area (TPSA) is 104 Å². The van der Waals surface area contributed by atoms with Gasteiger partial charge in [-0.3, -0.25) is 4.57 Å². The van der Waals surface area contributed by atoms with E-state index in [1.807, 2.05) is 0 Å². The Morgan fingerprint density at radius 2 is 1.54 bits per heavy atom. The summed E-state index contributed by atoms with van der Waals surface area (Å²) in [6, 6.07) is 11.3. The Hall–Kier alpha value is -2.85. The number of halogens is 3. The number of primary sulfonamides is 1. The predicted octanol–water partition coefficient (Wildman–Crippen LogP) is 2.79. The van der Waals surface area contributed by atoms with E-state index in [2.05, 4.69) is 4.98 Å². The van der Waals surface area contributed by atoms with Gasteiger partial charge in [0.05, 0.1) is 4.90 Å². The molecule has 10 heteroatoms. The summed E-state index contributed by atoms with van der Waals surface area (Å²) >= 11 is 0. The van der Waals surface area contributed by atoms with Crippen LogP contribution in [0.2, 0.25) is 0 Å². The maximum Gasteiger partial charge on any atom is 0.434 e. The third kappa shape index (κ3) is 3.55. The second-order valence-corrected chi connectivity index (χ2v) is 7.04. The average molecular weight is 382 g/mol. The molecule has 0 atom stereocenters. The highest BCUT2D eigenvalue weighted by Crippen LogP contribution is 2.33. The van der Waals surface area contributed by atoms with E-state index in [1.165, 1.54) is 28.8 Å². The zero-order chi connectivity index (χ0) is 19.1. The second kappa shape index (κ2) is 6.15. The summed E-state index contributed by atoms with van der Waals surface area (Å²) < 4.78 is 63.2. The number of rotatable bonds is 3. The van der Waals surface area contributed by atoms with E-state index in [9.17, 15) is 21.6 Å². The van der Waals surface area contributed by atoms with E-state index < -0.39 is 21.9 Å². The summed E-state index contributed by atoms with van der Waals surface area (Å²) in [5, 5.41) is 5.03. The molecule has 0 fully saturated rings. The number of sulfonamides is 1. The number of hydrogen-bond acceptors (Lipinski definition) is 4. The number of nitrogens with zero attached hydrogens (tertiary/aromatic N) is 2. The summed E-state index contributed by atoms with van der Waals surface area (Å²) in [6.07, 6.45) is -3.76. The minimum absolute atomic E-state index is 0.00284. The van der Waals surface area contributed by atoms with Crippen LogP contribution in [0.25, 0.3) is 17.1 Å². The molecule has 0 amide bonds. The Kier molecular flexibility index (Phi) is 4.24. The van der Waals surface area contributed by atoms with E-state index in [0.29, 0.717) is 16.9 Å². The molecule has 6 nitrogen and oxygen atoms in total. The van der Waals surface area contributed by atoms with Gasteiger partial charge in [0.2, 0.25) is 10.0 Å². The standard InChI is InChI=1S/C16H13F3N4O2S/c17-16(18,19)14-9-23(12-5-3-11(20)4-6-12)15(22-14)10-1-7-13(8-2-10)26(21,24)25/h1-9H,20H2,(H2,21,24,25). The lowest BCUT2D eigenvalue weighted by Crippen LogP contribution is -2.11. The molecule has 4 N–H and O–H groups in total. The fourth-order valence-electron chi connectivity index (χ4n) is 2.35. The molecule has 0 saturated carbocycles. The Bertz CT molecular complexity index is 1040. The number of nitrogen functional groups attached to an aromatic ring is 1. The van der Waals surface area contributed by atoms with Gasteiger partial charge in [0.25, 0.3) is 0 Å². The smallest absolute Gasteiger partial charge is 0.399 e. The van der Waals surface area contributed by atoms with Crippen molar-refractivity contribution in [1.29, 1.82) is 0 Å². The first kappa shape index (κ1) is 18.0. The van der Waals surface area contributed by atoms with Crippen LogP contribution < -0.4 is 10.9 Å². The normalized spacial score (nSPS) is 12.3. The van der Waals surface area contributed by atoms with Crippen molar-refractivity contribution in [3.05, 3.63) is 60.4 Å². The van der Waals surface area contributed by atoms with Crippen molar-refractivity contribution in [2.24, 2.45) is 5.14 Å². The highest BCUT2D eigenvalue weighted by Gasteiger charge is 2.35. The van der Waals surface area contributed by atoms with Crippen LogP contribution >= 0.6 is 0 Å². The quantitative estimate of drug-likeness (QED) is 0.680. The van der Waals surface area contributed by atoms with Crippen LogP contribution in [0, 0.1) is 0 Å². The van der Waals surface area contributed by atoms with Crippen LogP contribution in [0.5, 0.6) is 0 Å². The molecule has 136 valence electrons. The van der Waals surface area contributed by atoms with Gasteiger partial charge >= 0.3 is 6.18 Å². The third-order valence-corrected chi connectivity index (χ3v) is 4.54. The fourth-order valence-corrected chi connectivity index (χ4v) is 2.86. The fraction of sp³-hybridized carbons (Fsp3) is 0.0625. The highest BCUT2D eigenvalue weighted by atomic mass is 32.2. The van der Waals surface area contributed by atoms with E-state index in [1.54, 1.807) is 24.3 Å². The molecule has 3 rings (SSSR count). The van der Waals surface area contributed by atoms with Crippen molar-refractivity contribution >= 4 is 15.7 Å². The lowest BCUT2D eigenvalue weighted by Gasteiger charge is -2.08. The van der Waals surface area contributed by atoms with E-state index in [0.717, 1.165) is 6.20 Å². The van der Waals surface area contributed by atoms with E-state index in [-0.39, 0.29) is 10.7 Å². The number of nitrogens with two attached hydrogens (primary N) is 2. The molecule has 0 aliphatic heterocycles. The summed E-state index contributed by atoms with van der Waals surface area (Å²) in [6.45, 7) is 0. The Morgan fingerprint density at radius 1 is 0.962 bits per heavy atom. The lowest BCUT2D eigenvalue weighted by molar-refractivity contribution is -0.140. The number of alkyl halides is 3. The van der Waals surface area contributed by atoms with Gasteiger partial charge in [-0.2, -0.15) is 13.2 Å².